The van der Waals surface area contributed by atoms with Gasteiger partial charge in [-0.15, -0.1) is 0 Å². The van der Waals surface area contributed by atoms with Gasteiger partial charge in [0.15, 0.2) is 11.5 Å². The molecule has 190 valence electrons. The second kappa shape index (κ2) is 9.78. The molecule has 2 unspecified atom stereocenters. The number of ether oxygens (including phenoxy) is 1. The maximum absolute atomic E-state index is 14.6. The van der Waals surface area contributed by atoms with E-state index >= 15 is 0 Å². The number of hydrogen-bond acceptors (Lipinski definition) is 7. The third-order valence-corrected chi connectivity index (χ3v) is 7.56. The summed E-state index contributed by atoms with van der Waals surface area (Å²) >= 11 is 6.22. The predicted octanol–water partition coefficient (Wildman–Crippen LogP) is 4.14. The summed E-state index contributed by atoms with van der Waals surface area (Å²) in [4.78, 5) is 35.4. The number of rotatable bonds is 8. The van der Waals surface area contributed by atoms with Crippen LogP contribution in [0.1, 0.15) is 60.3 Å². The van der Waals surface area contributed by atoms with Gasteiger partial charge in [0.2, 0.25) is 5.95 Å². The first-order valence-electron chi connectivity index (χ1n) is 12.2. The summed E-state index contributed by atoms with van der Waals surface area (Å²) in [6.07, 6.45) is 4.65. The van der Waals surface area contributed by atoms with Crippen molar-refractivity contribution < 1.29 is 23.8 Å². The smallest absolute Gasteiger partial charge is 0.354 e. The fourth-order valence-electron chi connectivity index (χ4n) is 5.35. The SMILES string of the molecule is Cc1cc(C(=O)O)nc(N2C3CC[C@H]2CC(OCC(C(=O)C2CC2)=C(N)c2c(F)cccc2Cl)C3)n1. The molecule has 0 amide bonds. The number of carbonyl (C=O) groups is 2. The first-order chi connectivity index (χ1) is 17.2. The zero-order valence-electron chi connectivity index (χ0n) is 19.9. The van der Waals surface area contributed by atoms with E-state index in [-0.39, 0.29) is 64.0 Å². The Bertz CT molecular complexity index is 1210. The molecule has 3 atom stereocenters. The van der Waals surface area contributed by atoms with E-state index in [1.807, 2.05) is 0 Å². The van der Waals surface area contributed by atoms with E-state index < -0.39 is 11.8 Å². The van der Waals surface area contributed by atoms with Crippen LogP contribution in [0.15, 0.2) is 29.8 Å². The van der Waals surface area contributed by atoms with Gasteiger partial charge in [-0.1, -0.05) is 17.7 Å². The minimum atomic E-state index is -1.08. The number of hydrogen-bond donors (Lipinski definition) is 2. The van der Waals surface area contributed by atoms with Crippen LogP contribution in [0.2, 0.25) is 5.02 Å². The van der Waals surface area contributed by atoms with E-state index in [0.717, 1.165) is 25.7 Å². The van der Waals surface area contributed by atoms with Crippen LogP contribution >= 0.6 is 11.6 Å². The van der Waals surface area contributed by atoms with Crippen LogP contribution in [0, 0.1) is 18.7 Å². The second-order valence-corrected chi connectivity index (χ2v) is 10.2. The number of fused-ring (bicyclic) bond motifs is 2. The largest absolute Gasteiger partial charge is 0.477 e. The molecule has 0 spiro atoms. The van der Waals surface area contributed by atoms with Gasteiger partial charge in [-0.05, 0) is 63.6 Å². The number of benzene rings is 1. The molecule has 3 aliphatic rings. The summed E-state index contributed by atoms with van der Waals surface area (Å²) in [6, 6.07) is 5.97. The summed E-state index contributed by atoms with van der Waals surface area (Å²) in [5, 5.41) is 9.54. The van der Waals surface area contributed by atoms with Crippen LogP contribution < -0.4 is 10.6 Å². The van der Waals surface area contributed by atoms with Crippen molar-refractivity contribution in [2.75, 3.05) is 11.5 Å². The molecule has 0 radical (unpaired) electrons. The molecule has 2 aliphatic heterocycles. The van der Waals surface area contributed by atoms with Gasteiger partial charge in [0.1, 0.15) is 5.82 Å². The maximum Gasteiger partial charge on any atom is 0.354 e. The van der Waals surface area contributed by atoms with Crippen molar-refractivity contribution in [1.82, 2.24) is 9.97 Å². The number of aromatic carboxylic acids is 1. The zero-order chi connectivity index (χ0) is 25.6. The van der Waals surface area contributed by atoms with Crippen molar-refractivity contribution in [3.05, 3.63) is 57.6 Å². The number of anilines is 1. The van der Waals surface area contributed by atoms with Crippen LogP contribution in [0.3, 0.4) is 0 Å². The molecule has 2 aromatic rings. The Kier molecular flexibility index (Phi) is 6.70. The quantitative estimate of drug-likeness (QED) is 0.504. The molecule has 5 rings (SSSR count). The van der Waals surface area contributed by atoms with Gasteiger partial charge in [-0.2, -0.15) is 0 Å². The van der Waals surface area contributed by atoms with Crippen LogP contribution in [-0.2, 0) is 9.53 Å². The highest BCUT2D eigenvalue weighted by Gasteiger charge is 2.43. The summed E-state index contributed by atoms with van der Waals surface area (Å²) in [6.45, 7) is 1.74. The highest BCUT2D eigenvalue weighted by Crippen LogP contribution is 2.40. The van der Waals surface area contributed by atoms with E-state index in [1.54, 1.807) is 13.0 Å². The molecule has 1 aromatic carbocycles. The van der Waals surface area contributed by atoms with Gasteiger partial charge >= 0.3 is 5.97 Å². The Morgan fingerprint density at radius 2 is 1.89 bits per heavy atom. The number of piperidine rings is 1. The number of nitrogens with zero attached hydrogens (tertiary/aromatic N) is 3. The van der Waals surface area contributed by atoms with Gasteiger partial charge in [-0.25, -0.2) is 19.2 Å². The van der Waals surface area contributed by atoms with E-state index in [4.69, 9.17) is 22.1 Å². The van der Waals surface area contributed by atoms with E-state index in [1.165, 1.54) is 18.2 Å². The van der Waals surface area contributed by atoms with Gasteiger partial charge in [-0.3, -0.25) is 4.79 Å². The third-order valence-electron chi connectivity index (χ3n) is 7.25. The summed E-state index contributed by atoms with van der Waals surface area (Å²) < 4.78 is 20.8. The number of carboxylic acids is 1. The van der Waals surface area contributed by atoms with Gasteiger partial charge in [0.25, 0.3) is 0 Å². The van der Waals surface area contributed by atoms with E-state index in [9.17, 15) is 19.1 Å². The summed E-state index contributed by atoms with van der Waals surface area (Å²) in [5.41, 5.74) is 7.24. The monoisotopic (exact) mass is 514 g/mol. The average Bonchev–Trinajstić information content (AvgIpc) is 3.63. The number of nitrogens with two attached hydrogens (primary N) is 1. The fraction of sp³-hybridized carbons (Fsp3) is 0.462. The lowest BCUT2D eigenvalue weighted by molar-refractivity contribution is -0.117. The molecule has 1 saturated carbocycles. The van der Waals surface area contributed by atoms with Gasteiger partial charge < -0.3 is 20.5 Å². The van der Waals surface area contributed by atoms with E-state index in [0.29, 0.717) is 24.5 Å². The number of halogens is 2. The zero-order valence-corrected chi connectivity index (χ0v) is 20.7. The van der Waals surface area contributed by atoms with Gasteiger partial charge in [0, 0.05) is 29.3 Å². The molecular formula is C26H28ClFN4O4. The molecule has 3 N–H and O–H groups in total. The van der Waals surface area contributed by atoms with Crippen molar-refractivity contribution in [2.24, 2.45) is 11.7 Å². The molecule has 3 fully saturated rings. The number of ketones is 1. The average molecular weight is 515 g/mol. The van der Waals surface area contributed by atoms with E-state index in [2.05, 4.69) is 14.9 Å². The summed E-state index contributed by atoms with van der Waals surface area (Å²) in [5.74, 6) is -1.44. The topological polar surface area (TPSA) is 119 Å². The van der Waals surface area contributed by atoms with Gasteiger partial charge in [0.05, 0.1) is 29.0 Å². The molecule has 8 nitrogen and oxygen atoms in total. The minimum Gasteiger partial charge on any atom is -0.477 e. The Morgan fingerprint density at radius 3 is 2.50 bits per heavy atom. The van der Waals surface area contributed by atoms with Crippen molar-refractivity contribution in [3.8, 4) is 0 Å². The highest BCUT2D eigenvalue weighted by atomic mass is 35.5. The lowest BCUT2D eigenvalue weighted by Crippen LogP contribution is -2.46. The Hall–Kier alpha value is -3.04. The molecule has 10 heteroatoms. The molecule has 1 aliphatic carbocycles. The molecule has 2 bridgehead atoms. The Morgan fingerprint density at radius 1 is 1.19 bits per heavy atom. The second-order valence-electron chi connectivity index (χ2n) is 9.82. The third kappa shape index (κ3) is 4.82. The van der Waals surface area contributed by atoms with Crippen LogP contribution in [0.25, 0.3) is 5.70 Å². The first-order valence-corrected chi connectivity index (χ1v) is 12.6. The number of aromatic nitrogens is 2. The van der Waals surface area contributed by atoms with Crippen molar-refractivity contribution in [1.29, 1.82) is 0 Å². The lowest BCUT2D eigenvalue weighted by Gasteiger charge is -2.39. The molecule has 2 saturated heterocycles. The Labute approximate surface area is 213 Å². The fourth-order valence-corrected chi connectivity index (χ4v) is 5.61. The normalized spacial score (nSPS) is 24.0. The van der Waals surface area contributed by atoms with Crippen molar-refractivity contribution in [3.63, 3.8) is 0 Å². The van der Waals surface area contributed by atoms with Crippen LogP contribution in [-0.4, -0.2) is 51.6 Å². The summed E-state index contributed by atoms with van der Waals surface area (Å²) in [7, 11) is 0. The van der Waals surface area contributed by atoms with Crippen molar-refractivity contribution >= 4 is 35.0 Å². The highest BCUT2D eigenvalue weighted by molar-refractivity contribution is 6.32. The molecule has 3 heterocycles. The molecule has 36 heavy (non-hydrogen) atoms. The molecule has 1 aromatic heterocycles. The Balaban J connectivity index is 1.34. The molecular weight excluding hydrogens is 487 g/mol. The number of Topliss-reactive ketones (excluding diaryl/α,β-unsaturated/α-hetero) is 1. The van der Waals surface area contributed by atoms with Crippen LogP contribution in [0.4, 0.5) is 10.3 Å². The number of carbonyl (C=O) groups excluding carboxylic acids is 1. The number of aryl methyl sites for hydroxylation is 1. The predicted molar refractivity (Wildman–Crippen MR) is 132 cm³/mol. The number of carboxylic acid groups (broad SMARTS) is 1. The lowest BCUT2D eigenvalue weighted by atomic mass is 9.98. The van der Waals surface area contributed by atoms with Crippen molar-refractivity contribution in [2.45, 2.75) is 63.6 Å². The minimum absolute atomic E-state index is 0.0138. The maximum atomic E-state index is 14.6. The first kappa shape index (κ1) is 24.6. The van der Waals surface area contributed by atoms with Crippen LogP contribution in [0.5, 0.6) is 0 Å². The standard InChI is InChI=1S/C26H28ClFN4O4/c1-13-9-21(25(34)35)31-26(30-13)32-15-7-8-16(32)11-17(10-15)36-12-18(24(33)14-5-6-14)23(29)22-19(27)3-2-4-20(22)28/h2-4,9,14-17H,5-8,10-12,29H2,1H3,(H,34,35)/t15-,16?,17?/m0/s1.